The van der Waals surface area contributed by atoms with Crippen LogP contribution < -0.4 is 15.4 Å². The Labute approximate surface area is 205 Å². The summed E-state index contributed by atoms with van der Waals surface area (Å²) in [5, 5.41) is 5.18. The van der Waals surface area contributed by atoms with Crippen LogP contribution in [0.25, 0.3) is 0 Å². The lowest BCUT2D eigenvalue weighted by atomic mass is 9.72. The molecule has 186 valence electrons. The van der Waals surface area contributed by atoms with Gasteiger partial charge >= 0.3 is 0 Å². The third-order valence-corrected chi connectivity index (χ3v) is 8.52. The summed E-state index contributed by atoms with van der Waals surface area (Å²) in [6.45, 7) is 1.90. The van der Waals surface area contributed by atoms with Crippen LogP contribution in [0.4, 0.5) is 5.69 Å². The zero-order valence-electron chi connectivity index (χ0n) is 19.9. The van der Waals surface area contributed by atoms with E-state index in [9.17, 15) is 22.8 Å². The standard InChI is InChI=1S/C26H31N3O5S/c1-2-26(15-13-23(30)29-25(26)32)20-8-10-21(11-9-20)28-24(31)14-16-27-35(33,34)22-12-7-18-5-3-4-6-19(18)17-22/h7-12,17,27H,2-6,13-16H2,1H3,(H,28,31)(H,29,30,32)/t26-/m0/s1. The summed E-state index contributed by atoms with van der Waals surface area (Å²) in [6, 6.07) is 12.2. The Balaban J connectivity index is 1.32. The fraction of sp³-hybridized carbons (Fsp3) is 0.423. The third-order valence-electron chi connectivity index (χ3n) is 7.07. The molecule has 3 amide bonds. The van der Waals surface area contributed by atoms with Crippen LogP contribution in [0.15, 0.2) is 47.4 Å². The lowest BCUT2D eigenvalue weighted by molar-refractivity contribution is -0.138. The topological polar surface area (TPSA) is 121 Å². The van der Waals surface area contributed by atoms with Crippen molar-refractivity contribution >= 4 is 33.4 Å². The van der Waals surface area contributed by atoms with Crippen LogP contribution in [0.5, 0.6) is 0 Å². The van der Waals surface area contributed by atoms with E-state index in [4.69, 9.17) is 0 Å². The van der Waals surface area contributed by atoms with Gasteiger partial charge < -0.3 is 5.32 Å². The van der Waals surface area contributed by atoms with Gasteiger partial charge in [0.05, 0.1) is 10.3 Å². The quantitative estimate of drug-likeness (QED) is 0.484. The van der Waals surface area contributed by atoms with Crippen molar-refractivity contribution in [2.45, 2.75) is 68.6 Å². The minimum atomic E-state index is -3.69. The van der Waals surface area contributed by atoms with Gasteiger partial charge in [0.15, 0.2) is 0 Å². The summed E-state index contributed by atoms with van der Waals surface area (Å²) in [5.74, 6) is -0.874. The van der Waals surface area contributed by atoms with Crippen molar-refractivity contribution in [3.8, 4) is 0 Å². The van der Waals surface area contributed by atoms with E-state index in [1.807, 2.05) is 13.0 Å². The molecule has 4 rings (SSSR count). The zero-order chi connectivity index (χ0) is 25.1. The van der Waals surface area contributed by atoms with E-state index in [0.717, 1.165) is 36.8 Å². The Bertz CT molecular complexity index is 1240. The lowest BCUT2D eigenvalue weighted by Gasteiger charge is -2.35. The van der Waals surface area contributed by atoms with Gasteiger partial charge in [-0.05, 0) is 79.5 Å². The molecule has 0 saturated carbocycles. The fourth-order valence-corrected chi connectivity index (χ4v) is 6.00. The highest BCUT2D eigenvalue weighted by atomic mass is 32.2. The van der Waals surface area contributed by atoms with E-state index < -0.39 is 15.4 Å². The van der Waals surface area contributed by atoms with Crippen LogP contribution in [0, 0.1) is 0 Å². The molecule has 2 aliphatic rings. The van der Waals surface area contributed by atoms with Crippen molar-refractivity contribution in [1.82, 2.24) is 10.0 Å². The summed E-state index contributed by atoms with van der Waals surface area (Å²) in [7, 11) is -3.69. The second-order valence-corrected chi connectivity index (χ2v) is 11.0. The van der Waals surface area contributed by atoms with Gasteiger partial charge in [-0.15, -0.1) is 0 Å². The van der Waals surface area contributed by atoms with Gasteiger partial charge in [0, 0.05) is 25.1 Å². The predicted molar refractivity (Wildman–Crippen MR) is 132 cm³/mol. The normalized spacial score (nSPS) is 20.1. The Morgan fingerprint density at radius 2 is 1.71 bits per heavy atom. The number of piperidine rings is 1. The maximum absolute atomic E-state index is 12.7. The molecule has 0 spiro atoms. The van der Waals surface area contributed by atoms with Gasteiger partial charge in [-0.3, -0.25) is 19.7 Å². The first-order valence-electron chi connectivity index (χ1n) is 12.1. The molecule has 0 bridgehead atoms. The SMILES string of the molecule is CC[C@@]1(c2ccc(NC(=O)CCNS(=O)(=O)c3ccc4c(c3)CCCC4)cc2)CCC(=O)NC1=O. The molecule has 0 unspecified atom stereocenters. The fourth-order valence-electron chi connectivity index (χ4n) is 4.92. The smallest absolute Gasteiger partial charge is 0.240 e. The monoisotopic (exact) mass is 497 g/mol. The first-order chi connectivity index (χ1) is 16.7. The Morgan fingerprint density at radius 3 is 2.40 bits per heavy atom. The molecule has 1 heterocycles. The van der Waals surface area contributed by atoms with Gasteiger partial charge in [0.1, 0.15) is 0 Å². The van der Waals surface area contributed by atoms with Crippen molar-refractivity contribution in [1.29, 1.82) is 0 Å². The number of aryl methyl sites for hydroxylation is 2. The van der Waals surface area contributed by atoms with E-state index in [1.165, 1.54) is 5.56 Å². The molecular weight excluding hydrogens is 466 g/mol. The van der Waals surface area contributed by atoms with Crippen LogP contribution in [-0.2, 0) is 42.7 Å². The molecule has 35 heavy (non-hydrogen) atoms. The summed E-state index contributed by atoms with van der Waals surface area (Å²) >= 11 is 0. The Morgan fingerprint density at radius 1 is 1.00 bits per heavy atom. The number of sulfonamides is 1. The number of benzene rings is 2. The second-order valence-electron chi connectivity index (χ2n) is 9.22. The number of carbonyl (C=O) groups is 3. The molecule has 1 aliphatic heterocycles. The number of amides is 3. The lowest BCUT2D eigenvalue weighted by Crippen LogP contribution is -2.51. The third kappa shape index (κ3) is 5.46. The van der Waals surface area contributed by atoms with Crippen LogP contribution in [0.2, 0.25) is 0 Å². The molecule has 2 aromatic rings. The van der Waals surface area contributed by atoms with Gasteiger partial charge in [0.25, 0.3) is 0 Å². The maximum Gasteiger partial charge on any atom is 0.240 e. The summed E-state index contributed by atoms with van der Waals surface area (Å²) in [6.07, 6.45) is 5.35. The van der Waals surface area contributed by atoms with Gasteiger partial charge in [-0.25, -0.2) is 13.1 Å². The van der Waals surface area contributed by atoms with Gasteiger partial charge in [-0.1, -0.05) is 25.1 Å². The highest BCUT2D eigenvalue weighted by Gasteiger charge is 2.42. The Kier molecular flexibility index (Phi) is 7.37. The van der Waals surface area contributed by atoms with Crippen molar-refractivity contribution in [2.24, 2.45) is 0 Å². The van der Waals surface area contributed by atoms with Crippen LogP contribution >= 0.6 is 0 Å². The second kappa shape index (κ2) is 10.3. The van der Waals surface area contributed by atoms with Crippen LogP contribution in [0.3, 0.4) is 0 Å². The molecule has 0 radical (unpaired) electrons. The van der Waals surface area contributed by atoms with E-state index >= 15 is 0 Å². The molecule has 1 atom stereocenters. The number of rotatable bonds is 8. The minimum absolute atomic E-state index is 0.0174. The average Bonchev–Trinajstić information content (AvgIpc) is 2.84. The highest BCUT2D eigenvalue weighted by molar-refractivity contribution is 7.89. The molecule has 1 saturated heterocycles. The average molecular weight is 498 g/mol. The number of anilines is 1. The number of carbonyl (C=O) groups excluding carboxylic acids is 3. The van der Waals surface area contributed by atoms with Gasteiger partial charge in [-0.2, -0.15) is 0 Å². The molecule has 1 fully saturated rings. The number of fused-ring (bicyclic) bond motifs is 1. The first kappa shape index (κ1) is 25.1. The van der Waals surface area contributed by atoms with E-state index in [0.29, 0.717) is 24.9 Å². The number of nitrogens with one attached hydrogen (secondary N) is 3. The predicted octanol–water partition coefficient (Wildman–Crippen LogP) is 2.96. The minimum Gasteiger partial charge on any atom is -0.326 e. The first-order valence-corrected chi connectivity index (χ1v) is 13.6. The van der Waals surface area contributed by atoms with Gasteiger partial charge in [0.2, 0.25) is 27.7 Å². The summed E-state index contributed by atoms with van der Waals surface area (Å²) < 4.78 is 27.8. The van der Waals surface area contributed by atoms with Crippen molar-refractivity contribution in [2.75, 3.05) is 11.9 Å². The molecule has 0 aromatic heterocycles. The van der Waals surface area contributed by atoms with E-state index in [-0.39, 0.29) is 35.6 Å². The highest BCUT2D eigenvalue weighted by Crippen LogP contribution is 2.36. The number of imide groups is 1. The van der Waals surface area contributed by atoms with Crippen LogP contribution in [-0.4, -0.2) is 32.7 Å². The van der Waals surface area contributed by atoms with E-state index in [1.54, 1.807) is 36.4 Å². The summed E-state index contributed by atoms with van der Waals surface area (Å²) in [4.78, 5) is 36.7. The van der Waals surface area contributed by atoms with Crippen LogP contribution in [0.1, 0.15) is 62.1 Å². The largest absolute Gasteiger partial charge is 0.326 e. The molecule has 1 aliphatic carbocycles. The van der Waals surface area contributed by atoms with Crippen molar-refractivity contribution in [3.63, 3.8) is 0 Å². The molecule has 2 aromatic carbocycles. The number of hydrogen-bond acceptors (Lipinski definition) is 5. The van der Waals surface area contributed by atoms with Crippen molar-refractivity contribution in [3.05, 3.63) is 59.2 Å². The summed E-state index contributed by atoms with van der Waals surface area (Å²) in [5.41, 5.74) is 2.88. The molecule has 8 nitrogen and oxygen atoms in total. The molecule has 9 heteroatoms. The Hall–Kier alpha value is -3.04. The van der Waals surface area contributed by atoms with E-state index in [2.05, 4.69) is 15.4 Å². The molecule has 3 N–H and O–H groups in total. The number of hydrogen-bond donors (Lipinski definition) is 3. The zero-order valence-corrected chi connectivity index (χ0v) is 20.7. The molecular formula is C26H31N3O5S. The maximum atomic E-state index is 12.7. The van der Waals surface area contributed by atoms with Crippen molar-refractivity contribution < 1.29 is 22.8 Å².